The van der Waals surface area contributed by atoms with E-state index in [1.807, 2.05) is 54.6 Å². The minimum Gasteiger partial charge on any atom is -0.368 e. The summed E-state index contributed by atoms with van der Waals surface area (Å²) in [6, 6.07) is 15.8. The van der Waals surface area contributed by atoms with Crippen LogP contribution in [0.4, 0.5) is 0 Å². The van der Waals surface area contributed by atoms with E-state index >= 15 is 0 Å². The SMILES string of the molecule is NC(=O)C1Cc2ccccc2CN1S(=O)(=O)NCc1ccccc1. The third kappa shape index (κ3) is 3.48. The molecule has 0 saturated carbocycles. The molecule has 3 N–H and O–H groups in total. The third-order valence-corrected chi connectivity index (χ3v) is 5.65. The molecule has 1 atom stereocenters. The van der Waals surface area contributed by atoms with Gasteiger partial charge in [-0.1, -0.05) is 54.6 Å². The number of nitrogens with two attached hydrogens (primary N) is 1. The second-order valence-corrected chi connectivity index (χ2v) is 7.46. The molecule has 0 fully saturated rings. The topological polar surface area (TPSA) is 92.5 Å². The molecule has 0 radical (unpaired) electrons. The van der Waals surface area contributed by atoms with Gasteiger partial charge in [0.25, 0.3) is 10.2 Å². The number of nitrogens with one attached hydrogen (secondary N) is 1. The van der Waals surface area contributed by atoms with E-state index in [0.717, 1.165) is 21.0 Å². The Bertz CT molecular complexity index is 837. The number of nitrogens with zero attached hydrogens (tertiary/aromatic N) is 1. The monoisotopic (exact) mass is 345 g/mol. The lowest BCUT2D eigenvalue weighted by Gasteiger charge is -2.34. The Morgan fingerprint density at radius 3 is 2.38 bits per heavy atom. The molecule has 1 aliphatic heterocycles. The van der Waals surface area contributed by atoms with E-state index in [-0.39, 0.29) is 19.5 Å². The standard InChI is InChI=1S/C17H19N3O3S/c18-17(21)16-10-14-8-4-5-9-15(14)12-20(16)24(22,23)19-11-13-6-2-1-3-7-13/h1-9,16,19H,10-12H2,(H2,18,21). The number of hydrogen-bond donors (Lipinski definition) is 2. The highest BCUT2D eigenvalue weighted by Gasteiger charge is 2.37. The molecule has 0 bridgehead atoms. The number of carbonyl (C=O) groups is 1. The van der Waals surface area contributed by atoms with Crippen LogP contribution < -0.4 is 10.5 Å². The van der Waals surface area contributed by atoms with E-state index in [1.165, 1.54) is 0 Å². The average molecular weight is 345 g/mol. The molecule has 0 aromatic heterocycles. The third-order valence-electron chi connectivity index (χ3n) is 4.14. The molecule has 0 spiro atoms. The summed E-state index contributed by atoms with van der Waals surface area (Å²) < 4.78 is 29.1. The van der Waals surface area contributed by atoms with Gasteiger partial charge < -0.3 is 5.73 Å². The lowest BCUT2D eigenvalue weighted by molar-refractivity contribution is -0.122. The lowest BCUT2D eigenvalue weighted by Crippen LogP contribution is -2.54. The maximum Gasteiger partial charge on any atom is 0.280 e. The van der Waals surface area contributed by atoms with Gasteiger partial charge in [0.1, 0.15) is 6.04 Å². The van der Waals surface area contributed by atoms with Crippen LogP contribution in [-0.2, 0) is 34.5 Å². The van der Waals surface area contributed by atoms with E-state index in [2.05, 4.69) is 4.72 Å². The molecule has 24 heavy (non-hydrogen) atoms. The number of rotatable bonds is 5. The summed E-state index contributed by atoms with van der Waals surface area (Å²) in [4.78, 5) is 11.8. The Balaban J connectivity index is 1.83. The maximum atomic E-state index is 12.7. The average Bonchev–Trinajstić information content (AvgIpc) is 2.60. The lowest BCUT2D eigenvalue weighted by atomic mass is 9.96. The fourth-order valence-corrected chi connectivity index (χ4v) is 4.18. The Hall–Kier alpha value is -2.22. The summed E-state index contributed by atoms with van der Waals surface area (Å²) in [5, 5.41) is 0. The summed E-state index contributed by atoms with van der Waals surface area (Å²) in [5.74, 6) is -0.644. The largest absolute Gasteiger partial charge is 0.368 e. The van der Waals surface area contributed by atoms with Crippen molar-refractivity contribution in [2.45, 2.75) is 25.6 Å². The van der Waals surface area contributed by atoms with Crippen LogP contribution in [0.2, 0.25) is 0 Å². The van der Waals surface area contributed by atoms with Gasteiger partial charge in [-0.25, -0.2) is 0 Å². The Kier molecular flexibility index (Phi) is 4.66. The number of carbonyl (C=O) groups excluding carboxylic acids is 1. The van der Waals surface area contributed by atoms with Crippen LogP contribution in [0.15, 0.2) is 54.6 Å². The zero-order valence-corrected chi connectivity index (χ0v) is 13.9. The van der Waals surface area contributed by atoms with E-state index in [0.29, 0.717) is 0 Å². The van der Waals surface area contributed by atoms with Gasteiger partial charge in [-0.2, -0.15) is 17.4 Å². The van der Waals surface area contributed by atoms with Crippen LogP contribution in [0.25, 0.3) is 0 Å². The first-order chi connectivity index (χ1) is 11.5. The van der Waals surface area contributed by atoms with Crippen molar-refractivity contribution in [2.24, 2.45) is 5.73 Å². The van der Waals surface area contributed by atoms with E-state index in [1.54, 1.807) is 0 Å². The molecule has 2 aromatic rings. The quantitative estimate of drug-likeness (QED) is 0.844. The molecule has 126 valence electrons. The molecular weight excluding hydrogens is 326 g/mol. The number of primary amides is 1. The van der Waals surface area contributed by atoms with Gasteiger partial charge >= 0.3 is 0 Å². The Labute approximate surface area is 141 Å². The van der Waals surface area contributed by atoms with Crippen molar-refractivity contribution < 1.29 is 13.2 Å². The highest BCUT2D eigenvalue weighted by Crippen LogP contribution is 2.25. The Morgan fingerprint density at radius 2 is 1.71 bits per heavy atom. The zero-order chi connectivity index (χ0) is 17.2. The van der Waals surface area contributed by atoms with Crippen molar-refractivity contribution in [1.29, 1.82) is 0 Å². The summed E-state index contributed by atoms with van der Waals surface area (Å²) in [5.41, 5.74) is 8.13. The van der Waals surface area contributed by atoms with Gasteiger partial charge in [0, 0.05) is 13.1 Å². The molecule has 1 amide bonds. The summed E-state index contributed by atoms with van der Waals surface area (Å²) in [6.45, 7) is 0.292. The first-order valence-corrected chi connectivity index (χ1v) is 9.08. The summed E-state index contributed by atoms with van der Waals surface area (Å²) in [6.07, 6.45) is 0.289. The minimum absolute atomic E-state index is 0.133. The first-order valence-electron chi connectivity index (χ1n) is 7.64. The summed E-state index contributed by atoms with van der Waals surface area (Å²) >= 11 is 0. The zero-order valence-electron chi connectivity index (χ0n) is 13.1. The number of benzene rings is 2. The summed E-state index contributed by atoms with van der Waals surface area (Å²) in [7, 11) is -3.84. The van der Waals surface area contributed by atoms with Crippen LogP contribution in [0, 0.1) is 0 Å². The van der Waals surface area contributed by atoms with Crippen LogP contribution in [0.5, 0.6) is 0 Å². The molecule has 1 aliphatic rings. The fourth-order valence-electron chi connectivity index (χ4n) is 2.85. The predicted molar refractivity (Wildman–Crippen MR) is 90.9 cm³/mol. The second-order valence-electron chi connectivity index (χ2n) is 5.75. The molecule has 1 unspecified atom stereocenters. The molecule has 7 heteroatoms. The number of amides is 1. The van der Waals surface area contributed by atoms with Gasteiger partial charge in [-0.3, -0.25) is 4.79 Å². The van der Waals surface area contributed by atoms with Crippen molar-refractivity contribution in [3.05, 3.63) is 71.3 Å². The normalized spacial score (nSPS) is 18.1. The first kappa shape index (κ1) is 16.6. The molecule has 1 heterocycles. The van der Waals surface area contributed by atoms with Crippen molar-refractivity contribution in [3.63, 3.8) is 0 Å². The van der Waals surface area contributed by atoms with Crippen LogP contribution in [0.1, 0.15) is 16.7 Å². The van der Waals surface area contributed by atoms with Crippen molar-refractivity contribution in [2.75, 3.05) is 0 Å². The van der Waals surface area contributed by atoms with Crippen LogP contribution in [-0.4, -0.2) is 24.7 Å². The minimum atomic E-state index is -3.84. The fraction of sp³-hybridized carbons (Fsp3) is 0.235. The maximum absolute atomic E-state index is 12.7. The van der Waals surface area contributed by atoms with Crippen molar-refractivity contribution in [3.8, 4) is 0 Å². The van der Waals surface area contributed by atoms with Crippen molar-refractivity contribution in [1.82, 2.24) is 9.03 Å². The molecule has 0 saturated heterocycles. The second kappa shape index (κ2) is 6.72. The van der Waals surface area contributed by atoms with Gasteiger partial charge in [-0.05, 0) is 23.1 Å². The molecule has 2 aromatic carbocycles. The van der Waals surface area contributed by atoms with Gasteiger partial charge in [-0.15, -0.1) is 0 Å². The molecular formula is C17H19N3O3S. The molecule has 6 nitrogen and oxygen atoms in total. The van der Waals surface area contributed by atoms with E-state index in [4.69, 9.17) is 5.73 Å². The Morgan fingerprint density at radius 1 is 1.08 bits per heavy atom. The van der Waals surface area contributed by atoms with Gasteiger partial charge in [0.15, 0.2) is 0 Å². The van der Waals surface area contributed by atoms with Crippen molar-refractivity contribution >= 4 is 16.1 Å². The number of fused-ring (bicyclic) bond motifs is 1. The molecule has 0 aliphatic carbocycles. The van der Waals surface area contributed by atoms with Gasteiger partial charge in [0.2, 0.25) is 5.91 Å². The van der Waals surface area contributed by atoms with Crippen LogP contribution in [0.3, 0.4) is 0 Å². The van der Waals surface area contributed by atoms with Crippen LogP contribution >= 0.6 is 0 Å². The van der Waals surface area contributed by atoms with E-state index in [9.17, 15) is 13.2 Å². The van der Waals surface area contributed by atoms with E-state index < -0.39 is 22.2 Å². The molecule has 3 rings (SSSR count). The highest BCUT2D eigenvalue weighted by atomic mass is 32.2. The van der Waals surface area contributed by atoms with Gasteiger partial charge in [0.05, 0.1) is 0 Å². The highest BCUT2D eigenvalue weighted by molar-refractivity contribution is 7.87. The smallest absolute Gasteiger partial charge is 0.280 e. The number of hydrogen-bond acceptors (Lipinski definition) is 3. The predicted octanol–water partition coefficient (Wildman–Crippen LogP) is 0.933.